The predicted molar refractivity (Wildman–Crippen MR) is 81.8 cm³/mol. The Balaban J connectivity index is 1.79. The number of hydrogen-bond acceptors (Lipinski definition) is 1. The molecule has 0 atom stereocenters. The van der Waals surface area contributed by atoms with E-state index in [1.807, 2.05) is 31.2 Å². The molecule has 2 rings (SSSR count). The second kappa shape index (κ2) is 6.42. The molecule has 1 N–H and O–H groups in total. The molecule has 0 saturated heterocycles. The number of benzene rings is 1. The highest BCUT2D eigenvalue weighted by molar-refractivity contribution is 5.78. The van der Waals surface area contributed by atoms with Gasteiger partial charge in [-0.1, -0.05) is 29.8 Å². The maximum atomic E-state index is 11.9. The van der Waals surface area contributed by atoms with Crippen LogP contribution in [0.5, 0.6) is 0 Å². The van der Waals surface area contributed by atoms with Crippen molar-refractivity contribution in [1.29, 1.82) is 0 Å². The molecule has 106 valence electrons. The second-order valence-corrected chi connectivity index (χ2v) is 5.28. The van der Waals surface area contributed by atoms with Crippen molar-refractivity contribution in [1.82, 2.24) is 9.88 Å². The van der Waals surface area contributed by atoms with Gasteiger partial charge in [0.25, 0.3) is 0 Å². The van der Waals surface area contributed by atoms with Crippen molar-refractivity contribution < 1.29 is 4.79 Å². The fraction of sp³-hybridized carbons (Fsp3) is 0.353. The van der Waals surface area contributed by atoms with Gasteiger partial charge >= 0.3 is 0 Å². The van der Waals surface area contributed by atoms with Crippen LogP contribution < -0.4 is 5.32 Å². The number of amides is 1. The molecule has 0 aliphatic carbocycles. The summed E-state index contributed by atoms with van der Waals surface area (Å²) in [4.78, 5) is 11.9. The molecular formula is C17H22N2O. The number of aryl methyl sites for hydroxylation is 3. The first-order valence-corrected chi connectivity index (χ1v) is 7.01. The summed E-state index contributed by atoms with van der Waals surface area (Å²) >= 11 is 0. The Bertz CT molecular complexity index is 562. The molecule has 1 amide bonds. The monoisotopic (exact) mass is 270 g/mol. The van der Waals surface area contributed by atoms with Crippen LogP contribution >= 0.6 is 0 Å². The van der Waals surface area contributed by atoms with Crippen LogP contribution in [0.1, 0.15) is 22.5 Å². The molecule has 20 heavy (non-hydrogen) atoms. The lowest BCUT2D eigenvalue weighted by molar-refractivity contribution is -0.120. The molecule has 1 aromatic heterocycles. The molecule has 0 aliphatic rings. The van der Waals surface area contributed by atoms with E-state index in [1.165, 1.54) is 17.0 Å². The average molecular weight is 270 g/mol. The summed E-state index contributed by atoms with van der Waals surface area (Å²) in [7, 11) is 0. The summed E-state index contributed by atoms with van der Waals surface area (Å²) in [6.45, 7) is 7.71. The van der Waals surface area contributed by atoms with E-state index in [9.17, 15) is 4.79 Å². The summed E-state index contributed by atoms with van der Waals surface area (Å²) in [5.74, 6) is 0.0799. The summed E-state index contributed by atoms with van der Waals surface area (Å²) in [5.41, 5.74) is 4.74. The Morgan fingerprint density at radius 3 is 2.20 bits per heavy atom. The van der Waals surface area contributed by atoms with Gasteiger partial charge in [-0.2, -0.15) is 0 Å². The molecule has 0 spiro atoms. The lowest BCUT2D eigenvalue weighted by Crippen LogP contribution is -2.29. The van der Waals surface area contributed by atoms with Crippen LogP contribution in [-0.2, 0) is 17.8 Å². The van der Waals surface area contributed by atoms with Crippen molar-refractivity contribution in [2.45, 2.75) is 33.7 Å². The summed E-state index contributed by atoms with van der Waals surface area (Å²) in [6, 6.07) is 12.3. The van der Waals surface area contributed by atoms with Crippen LogP contribution in [-0.4, -0.2) is 17.0 Å². The normalized spacial score (nSPS) is 10.6. The molecule has 0 saturated carbocycles. The largest absolute Gasteiger partial charge is 0.354 e. The third kappa shape index (κ3) is 3.73. The first kappa shape index (κ1) is 14.4. The number of rotatable bonds is 5. The van der Waals surface area contributed by atoms with Crippen molar-refractivity contribution in [2.24, 2.45) is 0 Å². The highest BCUT2D eigenvalue weighted by Crippen LogP contribution is 2.06. The molecule has 3 heteroatoms. The van der Waals surface area contributed by atoms with Gasteiger partial charge in [-0.25, -0.2) is 0 Å². The van der Waals surface area contributed by atoms with Crippen LogP contribution in [0.25, 0.3) is 0 Å². The third-order valence-electron chi connectivity index (χ3n) is 3.56. The van der Waals surface area contributed by atoms with Crippen molar-refractivity contribution in [3.05, 3.63) is 58.9 Å². The molecule has 0 unspecified atom stereocenters. The standard InChI is InChI=1S/C17H22N2O/c1-13-4-8-16(9-5-13)12-17(20)18-10-11-19-14(2)6-7-15(19)3/h4-9H,10-12H2,1-3H3,(H,18,20). The smallest absolute Gasteiger partial charge is 0.224 e. The number of aromatic nitrogens is 1. The van der Waals surface area contributed by atoms with Crippen molar-refractivity contribution in [3.63, 3.8) is 0 Å². The Kier molecular flexibility index (Phi) is 4.61. The summed E-state index contributed by atoms with van der Waals surface area (Å²) < 4.78 is 2.21. The predicted octanol–water partition coefficient (Wildman–Crippen LogP) is 2.77. The van der Waals surface area contributed by atoms with E-state index in [0.717, 1.165) is 12.1 Å². The molecule has 0 aliphatic heterocycles. The fourth-order valence-electron chi connectivity index (χ4n) is 2.31. The summed E-state index contributed by atoms with van der Waals surface area (Å²) in [5, 5.41) is 2.98. The number of nitrogens with zero attached hydrogens (tertiary/aromatic N) is 1. The van der Waals surface area contributed by atoms with Crippen LogP contribution in [0.2, 0.25) is 0 Å². The fourth-order valence-corrected chi connectivity index (χ4v) is 2.31. The molecule has 0 fully saturated rings. The van der Waals surface area contributed by atoms with Gasteiger partial charge in [0.1, 0.15) is 0 Å². The Hall–Kier alpha value is -2.03. The van der Waals surface area contributed by atoms with Crippen LogP contribution in [0.3, 0.4) is 0 Å². The quantitative estimate of drug-likeness (QED) is 0.890. The SMILES string of the molecule is Cc1ccc(CC(=O)NCCn2c(C)ccc2C)cc1. The Morgan fingerprint density at radius 1 is 1.00 bits per heavy atom. The van der Waals surface area contributed by atoms with E-state index in [1.54, 1.807) is 0 Å². The van der Waals surface area contributed by atoms with Crippen molar-refractivity contribution in [3.8, 4) is 0 Å². The lowest BCUT2D eigenvalue weighted by Gasteiger charge is -2.10. The second-order valence-electron chi connectivity index (χ2n) is 5.28. The van der Waals surface area contributed by atoms with Gasteiger partial charge in [0, 0.05) is 24.5 Å². The molecule has 3 nitrogen and oxygen atoms in total. The van der Waals surface area contributed by atoms with E-state index in [2.05, 4.69) is 35.9 Å². The number of nitrogens with one attached hydrogen (secondary N) is 1. The van der Waals surface area contributed by atoms with Gasteiger partial charge < -0.3 is 9.88 Å². The van der Waals surface area contributed by atoms with Gasteiger partial charge in [-0.05, 0) is 38.5 Å². The van der Waals surface area contributed by atoms with E-state index in [0.29, 0.717) is 13.0 Å². The Morgan fingerprint density at radius 2 is 1.60 bits per heavy atom. The zero-order valence-electron chi connectivity index (χ0n) is 12.4. The van der Waals surface area contributed by atoms with E-state index in [4.69, 9.17) is 0 Å². The summed E-state index contributed by atoms with van der Waals surface area (Å²) in [6.07, 6.45) is 0.448. The third-order valence-corrected chi connectivity index (χ3v) is 3.56. The number of hydrogen-bond donors (Lipinski definition) is 1. The maximum Gasteiger partial charge on any atom is 0.224 e. The molecule has 1 aromatic carbocycles. The van der Waals surface area contributed by atoms with Crippen LogP contribution in [0.15, 0.2) is 36.4 Å². The molecular weight excluding hydrogens is 248 g/mol. The number of carbonyl (C=O) groups is 1. The maximum absolute atomic E-state index is 11.9. The minimum Gasteiger partial charge on any atom is -0.354 e. The average Bonchev–Trinajstić information content (AvgIpc) is 2.73. The van der Waals surface area contributed by atoms with E-state index < -0.39 is 0 Å². The topological polar surface area (TPSA) is 34.0 Å². The minimum atomic E-state index is 0.0799. The van der Waals surface area contributed by atoms with Crippen molar-refractivity contribution >= 4 is 5.91 Å². The highest BCUT2D eigenvalue weighted by Gasteiger charge is 2.04. The van der Waals surface area contributed by atoms with Gasteiger partial charge in [0.2, 0.25) is 5.91 Å². The minimum absolute atomic E-state index is 0.0799. The zero-order valence-corrected chi connectivity index (χ0v) is 12.4. The molecule has 2 aromatic rings. The van der Waals surface area contributed by atoms with E-state index >= 15 is 0 Å². The van der Waals surface area contributed by atoms with Crippen molar-refractivity contribution in [2.75, 3.05) is 6.54 Å². The van der Waals surface area contributed by atoms with Gasteiger partial charge in [-0.15, -0.1) is 0 Å². The molecule has 1 heterocycles. The zero-order chi connectivity index (χ0) is 14.5. The van der Waals surface area contributed by atoms with E-state index in [-0.39, 0.29) is 5.91 Å². The Labute approximate surface area is 120 Å². The van der Waals surface area contributed by atoms with Crippen LogP contribution in [0.4, 0.5) is 0 Å². The van der Waals surface area contributed by atoms with Gasteiger partial charge in [0.05, 0.1) is 6.42 Å². The highest BCUT2D eigenvalue weighted by atomic mass is 16.1. The number of carbonyl (C=O) groups excluding carboxylic acids is 1. The van der Waals surface area contributed by atoms with Crippen LogP contribution in [0, 0.1) is 20.8 Å². The first-order valence-electron chi connectivity index (χ1n) is 7.01. The first-order chi connectivity index (χ1) is 9.56. The van der Waals surface area contributed by atoms with Gasteiger partial charge in [0.15, 0.2) is 0 Å². The molecule has 0 bridgehead atoms. The van der Waals surface area contributed by atoms with Gasteiger partial charge in [-0.3, -0.25) is 4.79 Å². The lowest BCUT2D eigenvalue weighted by atomic mass is 10.1. The molecule has 0 radical (unpaired) electrons.